The van der Waals surface area contributed by atoms with Gasteiger partial charge in [0.05, 0.1) is 24.6 Å². The molecule has 3 aromatic rings. The number of nitrogens with zero attached hydrogens (tertiary/aromatic N) is 4. The Labute approximate surface area is 187 Å². The molecule has 1 saturated heterocycles. The van der Waals surface area contributed by atoms with Gasteiger partial charge in [0.25, 0.3) is 0 Å². The maximum Gasteiger partial charge on any atom is 0.232 e. The van der Waals surface area contributed by atoms with E-state index in [-0.39, 0.29) is 5.91 Å². The molecule has 3 heterocycles. The van der Waals surface area contributed by atoms with E-state index in [1.807, 2.05) is 72.0 Å². The summed E-state index contributed by atoms with van der Waals surface area (Å²) in [7, 11) is 0. The normalized spacial score (nSPS) is 14.5. The van der Waals surface area contributed by atoms with Crippen LogP contribution in [0.15, 0.2) is 67.1 Å². The molecule has 1 aliphatic heterocycles. The molecule has 0 spiro atoms. The molecule has 1 amide bonds. The average Bonchev–Trinajstić information content (AvgIpc) is 3.28. The lowest BCUT2D eigenvalue weighted by molar-refractivity contribution is -0.129. The van der Waals surface area contributed by atoms with Crippen molar-refractivity contribution in [3.8, 4) is 5.75 Å². The number of hydrogen-bond acceptors (Lipinski definition) is 5. The lowest BCUT2D eigenvalue weighted by Gasteiger charge is -2.32. The molecular formula is C24H28N4O2S. The van der Waals surface area contributed by atoms with E-state index in [0.717, 1.165) is 55.5 Å². The molecule has 0 saturated carbocycles. The Morgan fingerprint density at radius 1 is 1.03 bits per heavy atom. The van der Waals surface area contributed by atoms with E-state index in [9.17, 15) is 4.79 Å². The second-order valence-corrected chi connectivity index (χ2v) is 8.71. The van der Waals surface area contributed by atoms with Crippen molar-refractivity contribution >= 4 is 17.7 Å². The molecular weight excluding hydrogens is 408 g/mol. The molecule has 2 aromatic heterocycles. The molecule has 0 unspecified atom stereocenters. The smallest absolute Gasteiger partial charge is 0.232 e. The van der Waals surface area contributed by atoms with E-state index < -0.39 is 0 Å². The van der Waals surface area contributed by atoms with Gasteiger partial charge in [-0.3, -0.25) is 9.78 Å². The standard InChI is InChI=1S/C24H28N4O2S/c29-23(19-31-17-16-30-22-7-2-1-3-8-22)27-13-9-20(10-14-27)24-26-12-15-28(24)18-21-6-4-5-11-25-21/h1-8,11-12,15,20H,9-10,13-14,16-19H2. The SMILES string of the molecule is O=C(CSCCOc1ccccc1)N1CCC(c2nccn2Cc2ccccn2)CC1. The molecule has 6 nitrogen and oxygen atoms in total. The van der Waals surface area contributed by atoms with Crippen LogP contribution in [-0.2, 0) is 11.3 Å². The minimum absolute atomic E-state index is 0.222. The quantitative estimate of drug-likeness (QED) is 0.477. The van der Waals surface area contributed by atoms with Gasteiger partial charge in [-0.05, 0) is 37.1 Å². The number of benzene rings is 1. The summed E-state index contributed by atoms with van der Waals surface area (Å²) in [4.78, 5) is 23.6. The van der Waals surface area contributed by atoms with Crippen molar-refractivity contribution < 1.29 is 9.53 Å². The first-order valence-corrected chi connectivity index (χ1v) is 11.9. The number of likely N-dealkylation sites (tertiary alicyclic amines) is 1. The number of aromatic nitrogens is 3. The average molecular weight is 437 g/mol. The lowest BCUT2D eigenvalue weighted by Crippen LogP contribution is -2.39. The first-order chi connectivity index (χ1) is 15.3. The summed E-state index contributed by atoms with van der Waals surface area (Å²) in [5.41, 5.74) is 1.03. The zero-order chi connectivity index (χ0) is 21.3. The second kappa shape index (κ2) is 11.0. The van der Waals surface area contributed by atoms with Crippen molar-refractivity contribution in [2.75, 3.05) is 31.2 Å². The summed E-state index contributed by atoms with van der Waals surface area (Å²) in [5, 5.41) is 0. The van der Waals surface area contributed by atoms with E-state index in [4.69, 9.17) is 4.74 Å². The maximum absolute atomic E-state index is 12.6. The van der Waals surface area contributed by atoms with Crippen LogP contribution in [-0.4, -0.2) is 56.5 Å². The Kier molecular flexibility index (Phi) is 7.60. The summed E-state index contributed by atoms with van der Waals surface area (Å²) in [6.07, 6.45) is 7.61. The molecule has 1 fully saturated rings. The predicted octanol–water partition coefficient (Wildman–Crippen LogP) is 3.84. The van der Waals surface area contributed by atoms with Gasteiger partial charge < -0.3 is 14.2 Å². The monoisotopic (exact) mass is 436 g/mol. The molecule has 0 bridgehead atoms. The van der Waals surface area contributed by atoms with Gasteiger partial charge in [-0.15, -0.1) is 11.8 Å². The number of amides is 1. The Bertz CT molecular complexity index is 940. The molecule has 162 valence electrons. The van der Waals surface area contributed by atoms with Crippen molar-refractivity contribution in [2.24, 2.45) is 0 Å². The highest BCUT2D eigenvalue weighted by Gasteiger charge is 2.26. The van der Waals surface area contributed by atoms with Crippen LogP contribution in [0.25, 0.3) is 0 Å². The van der Waals surface area contributed by atoms with E-state index in [1.54, 1.807) is 11.8 Å². The molecule has 31 heavy (non-hydrogen) atoms. The van der Waals surface area contributed by atoms with Crippen molar-refractivity contribution in [1.82, 2.24) is 19.4 Å². The third-order valence-electron chi connectivity index (χ3n) is 5.48. The molecule has 1 aliphatic rings. The number of piperidine rings is 1. The van der Waals surface area contributed by atoms with E-state index in [0.29, 0.717) is 18.3 Å². The fourth-order valence-electron chi connectivity index (χ4n) is 3.85. The van der Waals surface area contributed by atoms with Gasteiger partial charge in [0.15, 0.2) is 0 Å². The third kappa shape index (κ3) is 6.10. The van der Waals surface area contributed by atoms with Gasteiger partial charge in [-0.2, -0.15) is 0 Å². The van der Waals surface area contributed by atoms with Crippen molar-refractivity contribution in [2.45, 2.75) is 25.3 Å². The fraction of sp³-hybridized carbons (Fsp3) is 0.375. The number of carbonyl (C=O) groups excluding carboxylic acids is 1. The predicted molar refractivity (Wildman–Crippen MR) is 123 cm³/mol. The summed E-state index contributed by atoms with van der Waals surface area (Å²) < 4.78 is 7.87. The fourth-order valence-corrected chi connectivity index (χ4v) is 4.56. The van der Waals surface area contributed by atoms with Gasteiger partial charge in [0.2, 0.25) is 5.91 Å². The highest BCUT2D eigenvalue weighted by molar-refractivity contribution is 7.99. The molecule has 1 aromatic carbocycles. The van der Waals surface area contributed by atoms with Crippen LogP contribution >= 0.6 is 11.8 Å². The van der Waals surface area contributed by atoms with Crippen LogP contribution in [0.2, 0.25) is 0 Å². The Hall–Kier alpha value is -2.80. The molecule has 4 rings (SSSR count). The topological polar surface area (TPSA) is 60.2 Å². The largest absolute Gasteiger partial charge is 0.493 e. The Morgan fingerprint density at radius 2 is 1.84 bits per heavy atom. The summed E-state index contributed by atoms with van der Waals surface area (Å²) >= 11 is 1.64. The van der Waals surface area contributed by atoms with Gasteiger partial charge in [-0.1, -0.05) is 24.3 Å². The van der Waals surface area contributed by atoms with Gasteiger partial charge >= 0.3 is 0 Å². The number of ether oxygens (including phenoxy) is 1. The summed E-state index contributed by atoms with van der Waals surface area (Å²) in [6.45, 7) is 2.93. The van der Waals surface area contributed by atoms with E-state index >= 15 is 0 Å². The van der Waals surface area contributed by atoms with Crippen LogP contribution in [0, 0.1) is 0 Å². The Morgan fingerprint density at radius 3 is 2.61 bits per heavy atom. The van der Waals surface area contributed by atoms with Crippen LogP contribution in [0.3, 0.4) is 0 Å². The number of imidazole rings is 1. The highest BCUT2D eigenvalue weighted by Crippen LogP contribution is 2.27. The number of carbonyl (C=O) groups is 1. The van der Waals surface area contributed by atoms with Crippen LogP contribution < -0.4 is 4.74 Å². The molecule has 0 atom stereocenters. The minimum atomic E-state index is 0.222. The van der Waals surface area contributed by atoms with E-state index in [2.05, 4.69) is 14.5 Å². The number of thioether (sulfide) groups is 1. The second-order valence-electron chi connectivity index (χ2n) is 7.60. The molecule has 0 N–H and O–H groups in total. The third-order valence-corrected chi connectivity index (χ3v) is 6.39. The molecule has 7 heteroatoms. The molecule has 0 radical (unpaired) electrons. The molecule has 0 aliphatic carbocycles. The van der Waals surface area contributed by atoms with E-state index in [1.165, 1.54) is 0 Å². The number of hydrogen-bond donors (Lipinski definition) is 0. The van der Waals surface area contributed by atoms with Gasteiger partial charge in [0.1, 0.15) is 11.6 Å². The van der Waals surface area contributed by atoms with Crippen LogP contribution in [0.1, 0.15) is 30.3 Å². The Balaban J connectivity index is 1.18. The number of pyridine rings is 1. The van der Waals surface area contributed by atoms with Crippen LogP contribution in [0.4, 0.5) is 0 Å². The van der Waals surface area contributed by atoms with Crippen LogP contribution in [0.5, 0.6) is 5.75 Å². The van der Waals surface area contributed by atoms with Crippen molar-refractivity contribution in [1.29, 1.82) is 0 Å². The number of para-hydroxylation sites is 1. The number of rotatable bonds is 9. The lowest BCUT2D eigenvalue weighted by atomic mass is 9.96. The van der Waals surface area contributed by atoms with Gasteiger partial charge in [0, 0.05) is 43.4 Å². The first kappa shape index (κ1) is 21.4. The zero-order valence-corrected chi connectivity index (χ0v) is 18.4. The van der Waals surface area contributed by atoms with Crippen molar-refractivity contribution in [3.63, 3.8) is 0 Å². The maximum atomic E-state index is 12.6. The minimum Gasteiger partial charge on any atom is -0.493 e. The first-order valence-electron chi connectivity index (χ1n) is 10.7. The zero-order valence-electron chi connectivity index (χ0n) is 17.6. The van der Waals surface area contributed by atoms with Gasteiger partial charge in [-0.25, -0.2) is 4.98 Å². The summed E-state index contributed by atoms with van der Waals surface area (Å²) in [6, 6.07) is 15.8. The highest BCUT2D eigenvalue weighted by atomic mass is 32.2. The van der Waals surface area contributed by atoms with Crippen molar-refractivity contribution in [3.05, 3.63) is 78.6 Å². The summed E-state index contributed by atoms with van der Waals surface area (Å²) in [5.74, 6) is 3.90.